The number of carbonyl (C=O) groups is 2. The molecular weight excluding hydrogens is 502 g/mol. The number of anilines is 1. The first-order chi connectivity index (χ1) is 19.4. The van der Waals surface area contributed by atoms with Crippen LogP contribution in [0.15, 0.2) is 97.1 Å². The predicted octanol–water partition coefficient (Wildman–Crippen LogP) is 5.47. The van der Waals surface area contributed by atoms with Gasteiger partial charge in [0.15, 0.2) is 0 Å². The Labute approximate surface area is 233 Å². The minimum Gasteiger partial charge on any atom is -0.497 e. The molecule has 0 saturated carbocycles. The summed E-state index contributed by atoms with van der Waals surface area (Å²) in [5.74, 6) is 0.105. The first-order valence-electron chi connectivity index (χ1n) is 13.1. The molecule has 1 heterocycles. The number of benzene rings is 4. The molecule has 0 aliphatic rings. The smallest absolute Gasteiger partial charge is 0.251 e. The molecule has 8 heteroatoms. The molecule has 1 atom stereocenters. The molecule has 5 aromatic rings. The van der Waals surface area contributed by atoms with Crippen LogP contribution >= 0.6 is 0 Å². The van der Waals surface area contributed by atoms with Crippen molar-refractivity contribution in [3.63, 3.8) is 0 Å². The Hall–Kier alpha value is -4.98. The summed E-state index contributed by atoms with van der Waals surface area (Å²) >= 11 is 0. The molecule has 0 fully saturated rings. The summed E-state index contributed by atoms with van der Waals surface area (Å²) in [6, 6.07) is 29.4. The first-order valence-corrected chi connectivity index (χ1v) is 13.1. The zero-order valence-electron chi connectivity index (χ0n) is 22.7. The predicted molar refractivity (Wildman–Crippen MR) is 155 cm³/mol. The molecule has 0 aliphatic carbocycles. The summed E-state index contributed by atoms with van der Waals surface area (Å²) in [4.78, 5) is 29.7. The molecule has 4 aromatic carbocycles. The third-order valence-corrected chi connectivity index (χ3v) is 6.81. The van der Waals surface area contributed by atoms with Crippen LogP contribution in [0.25, 0.3) is 11.0 Å². The number of hydrogen-bond donors (Lipinski definition) is 1. The number of carbonyl (C=O) groups excluding carboxylic acids is 2. The lowest BCUT2D eigenvalue weighted by Crippen LogP contribution is -2.42. The lowest BCUT2D eigenvalue weighted by Gasteiger charge is -2.32. The number of aromatic nitrogens is 3. The van der Waals surface area contributed by atoms with E-state index >= 15 is 0 Å². The van der Waals surface area contributed by atoms with Gasteiger partial charge in [-0.15, -0.1) is 5.10 Å². The van der Waals surface area contributed by atoms with Crippen molar-refractivity contribution in [3.05, 3.63) is 119 Å². The van der Waals surface area contributed by atoms with Crippen molar-refractivity contribution < 1.29 is 14.3 Å². The molecule has 1 N–H and O–H groups in total. The van der Waals surface area contributed by atoms with Crippen LogP contribution in [0.1, 0.15) is 28.3 Å². The van der Waals surface area contributed by atoms with E-state index in [0.717, 1.165) is 22.2 Å². The summed E-state index contributed by atoms with van der Waals surface area (Å²) in [6.45, 7) is 4.17. The van der Waals surface area contributed by atoms with Crippen molar-refractivity contribution in [2.45, 2.75) is 33.0 Å². The van der Waals surface area contributed by atoms with Crippen LogP contribution in [-0.4, -0.2) is 38.8 Å². The number of methoxy groups -OCH3 is 1. The van der Waals surface area contributed by atoms with E-state index in [1.165, 1.54) is 0 Å². The Kier molecular flexibility index (Phi) is 7.87. The summed E-state index contributed by atoms with van der Waals surface area (Å²) in [5.41, 5.74) is 5.85. The minimum atomic E-state index is -0.897. The number of amides is 2. The van der Waals surface area contributed by atoms with Gasteiger partial charge in [0.25, 0.3) is 5.91 Å². The van der Waals surface area contributed by atoms with E-state index in [0.29, 0.717) is 22.5 Å². The zero-order chi connectivity index (χ0) is 28.1. The highest BCUT2D eigenvalue weighted by Gasteiger charge is 2.32. The highest BCUT2D eigenvalue weighted by Crippen LogP contribution is 2.27. The second kappa shape index (κ2) is 11.8. The normalized spacial score (nSPS) is 11.7. The SMILES string of the molecule is COc1ccc(NC(=O)C(c2ccc(C)cc2)N(Cc2ccc(C)cc2)C(=O)Cn2nnc3ccccc32)cc1. The fraction of sp³-hybridized carbons (Fsp3) is 0.188. The lowest BCUT2D eigenvalue weighted by molar-refractivity contribution is -0.140. The van der Waals surface area contributed by atoms with E-state index in [1.54, 1.807) is 41.0 Å². The molecule has 1 unspecified atom stereocenters. The molecule has 8 nitrogen and oxygen atoms in total. The molecule has 202 valence electrons. The van der Waals surface area contributed by atoms with Gasteiger partial charge in [-0.25, -0.2) is 4.68 Å². The van der Waals surface area contributed by atoms with Crippen LogP contribution in [-0.2, 0) is 22.7 Å². The zero-order valence-corrected chi connectivity index (χ0v) is 22.7. The maximum absolute atomic E-state index is 14.1. The largest absolute Gasteiger partial charge is 0.497 e. The molecule has 0 saturated heterocycles. The van der Waals surface area contributed by atoms with Crippen molar-refractivity contribution >= 4 is 28.5 Å². The van der Waals surface area contributed by atoms with Gasteiger partial charge in [-0.1, -0.05) is 77.0 Å². The van der Waals surface area contributed by atoms with Crippen molar-refractivity contribution in [2.24, 2.45) is 0 Å². The fourth-order valence-electron chi connectivity index (χ4n) is 4.57. The van der Waals surface area contributed by atoms with E-state index in [2.05, 4.69) is 15.6 Å². The van der Waals surface area contributed by atoms with Crippen molar-refractivity contribution in [1.82, 2.24) is 19.9 Å². The van der Waals surface area contributed by atoms with Gasteiger partial charge < -0.3 is 15.0 Å². The van der Waals surface area contributed by atoms with Gasteiger partial charge in [-0.2, -0.15) is 0 Å². The van der Waals surface area contributed by atoms with Gasteiger partial charge in [0.2, 0.25) is 5.91 Å². The van der Waals surface area contributed by atoms with Crippen LogP contribution in [0.2, 0.25) is 0 Å². The Morgan fingerprint density at radius 3 is 2.20 bits per heavy atom. The molecule has 0 aliphatic heterocycles. The number of rotatable bonds is 9. The molecule has 0 spiro atoms. The van der Waals surface area contributed by atoms with E-state index in [-0.39, 0.29) is 24.9 Å². The second-order valence-corrected chi connectivity index (χ2v) is 9.77. The standard InChI is InChI=1S/C32H31N5O3/c1-22-8-12-24(13-9-22)20-36(30(38)21-37-29-7-5-4-6-28(29)34-35-37)31(25-14-10-23(2)11-15-25)32(39)33-26-16-18-27(40-3)19-17-26/h4-19,31H,20-21H2,1-3H3,(H,33,39). The van der Waals surface area contributed by atoms with Gasteiger partial charge in [-0.05, 0) is 61.4 Å². The van der Waals surface area contributed by atoms with Crippen LogP contribution in [0, 0.1) is 13.8 Å². The van der Waals surface area contributed by atoms with Crippen molar-refractivity contribution in [1.29, 1.82) is 0 Å². The number of nitrogens with one attached hydrogen (secondary N) is 1. The van der Waals surface area contributed by atoms with Crippen LogP contribution in [0.4, 0.5) is 5.69 Å². The maximum atomic E-state index is 14.1. The first kappa shape index (κ1) is 26.6. The van der Waals surface area contributed by atoms with Crippen LogP contribution in [0.3, 0.4) is 0 Å². The number of aryl methyl sites for hydroxylation is 2. The van der Waals surface area contributed by atoms with Crippen LogP contribution < -0.4 is 10.1 Å². The third-order valence-electron chi connectivity index (χ3n) is 6.81. The van der Waals surface area contributed by atoms with Gasteiger partial charge in [0.1, 0.15) is 23.9 Å². The molecule has 0 radical (unpaired) electrons. The van der Waals surface area contributed by atoms with Crippen molar-refractivity contribution in [3.8, 4) is 5.75 Å². The summed E-state index contributed by atoms with van der Waals surface area (Å²) in [7, 11) is 1.59. The van der Waals surface area contributed by atoms with E-state index in [4.69, 9.17) is 4.74 Å². The summed E-state index contributed by atoms with van der Waals surface area (Å²) in [5, 5.41) is 11.4. The Balaban J connectivity index is 1.53. The third kappa shape index (κ3) is 6.02. The van der Waals surface area contributed by atoms with Gasteiger partial charge in [-0.3, -0.25) is 9.59 Å². The van der Waals surface area contributed by atoms with E-state index in [9.17, 15) is 9.59 Å². The molecule has 5 rings (SSSR count). The number of para-hydroxylation sites is 1. The van der Waals surface area contributed by atoms with Crippen LogP contribution in [0.5, 0.6) is 5.75 Å². The number of fused-ring (bicyclic) bond motifs is 1. The second-order valence-electron chi connectivity index (χ2n) is 9.77. The van der Waals surface area contributed by atoms with E-state index < -0.39 is 6.04 Å². The number of ether oxygens (including phenoxy) is 1. The van der Waals surface area contributed by atoms with Gasteiger partial charge in [0.05, 0.1) is 12.6 Å². The molecule has 2 amide bonds. The van der Waals surface area contributed by atoms with E-state index in [1.807, 2.05) is 86.6 Å². The fourth-order valence-corrected chi connectivity index (χ4v) is 4.57. The highest BCUT2D eigenvalue weighted by atomic mass is 16.5. The lowest BCUT2D eigenvalue weighted by atomic mass is 10.0. The molecule has 0 bridgehead atoms. The summed E-state index contributed by atoms with van der Waals surface area (Å²) in [6.07, 6.45) is 0. The Bertz CT molecular complexity index is 1610. The van der Waals surface area contributed by atoms with Gasteiger partial charge in [0, 0.05) is 12.2 Å². The average molecular weight is 534 g/mol. The summed E-state index contributed by atoms with van der Waals surface area (Å²) < 4.78 is 6.82. The van der Waals surface area contributed by atoms with Gasteiger partial charge >= 0.3 is 0 Å². The average Bonchev–Trinajstić information content (AvgIpc) is 3.37. The monoisotopic (exact) mass is 533 g/mol. The number of nitrogens with zero attached hydrogens (tertiary/aromatic N) is 4. The molecule has 1 aromatic heterocycles. The Morgan fingerprint density at radius 2 is 1.52 bits per heavy atom. The minimum absolute atomic E-state index is 0.0649. The highest BCUT2D eigenvalue weighted by molar-refractivity contribution is 5.98. The number of hydrogen-bond acceptors (Lipinski definition) is 5. The quantitative estimate of drug-likeness (QED) is 0.272. The Morgan fingerprint density at radius 1 is 0.875 bits per heavy atom. The van der Waals surface area contributed by atoms with Crippen molar-refractivity contribution in [2.75, 3.05) is 12.4 Å². The molecule has 40 heavy (non-hydrogen) atoms. The maximum Gasteiger partial charge on any atom is 0.251 e. The molecular formula is C32H31N5O3. The topological polar surface area (TPSA) is 89.4 Å².